The molecular weight excluding hydrogens is 362 g/mol. The lowest BCUT2D eigenvalue weighted by Gasteiger charge is -2.35. The Morgan fingerprint density at radius 3 is 2.37 bits per heavy atom. The van der Waals surface area contributed by atoms with Crippen LogP contribution in [-0.4, -0.2) is 36.0 Å². The second kappa shape index (κ2) is 8.08. The Hall–Kier alpha value is -2.41. The maximum Gasteiger partial charge on any atom is 0.337 e. The van der Waals surface area contributed by atoms with Crippen molar-refractivity contribution in [3.8, 4) is 0 Å². The molecule has 1 heterocycles. The minimum Gasteiger partial charge on any atom is -0.466 e. The van der Waals surface area contributed by atoms with Gasteiger partial charge in [-0.15, -0.1) is 0 Å². The van der Waals surface area contributed by atoms with E-state index in [1.165, 1.54) is 7.11 Å². The Morgan fingerprint density at radius 1 is 1.26 bits per heavy atom. The number of allylic oxidation sites excluding steroid dienone is 1. The molecule has 6 nitrogen and oxygen atoms in total. The third-order valence-electron chi connectivity index (χ3n) is 4.38. The second-order valence-electron chi connectivity index (χ2n) is 7.84. The van der Waals surface area contributed by atoms with Gasteiger partial charge in [0.05, 0.1) is 18.7 Å². The summed E-state index contributed by atoms with van der Waals surface area (Å²) < 4.78 is 4.95. The van der Waals surface area contributed by atoms with Gasteiger partial charge >= 0.3 is 5.97 Å². The molecule has 1 aromatic carbocycles. The smallest absolute Gasteiger partial charge is 0.337 e. The SMILES string of the molecule is COC(=O)C1=C(C)N(C)C(=S)N[C@@H]1c1ccc(NC(=O)CC(C)(C)C)cc1. The number of methoxy groups -OCH3 is 1. The highest BCUT2D eigenvalue weighted by molar-refractivity contribution is 7.80. The number of hydrogen-bond donors (Lipinski definition) is 2. The standard InChI is InChI=1S/C20H27N3O3S/c1-12-16(18(25)26-6)17(22-19(27)23(12)5)13-7-9-14(10-8-13)21-15(24)11-20(2,3)4/h7-10,17H,11H2,1-6H3,(H,21,24)(H,22,27)/t17-/m1/s1. The molecule has 0 bridgehead atoms. The summed E-state index contributed by atoms with van der Waals surface area (Å²) in [4.78, 5) is 26.2. The maximum absolute atomic E-state index is 12.3. The molecule has 7 heteroatoms. The van der Waals surface area contributed by atoms with Crippen LogP contribution in [0.3, 0.4) is 0 Å². The van der Waals surface area contributed by atoms with Crippen LogP contribution in [0.4, 0.5) is 5.69 Å². The number of ether oxygens (including phenoxy) is 1. The predicted octanol–water partition coefficient (Wildman–Crippen LogP) is 3.37. The number of thiocarbonyl (C=S) groups is 1. The van der Waals surface area contributed by atoms with Gasteiger partial charge in [-0.1, -0.05) is 32.9 Å². The van der Waals surface area contributed by atoms with Crippen molar-refractivity contribution in [2.75, 3.05) is 19.5 Å². The van der Waals surface area contributed by atoms with Gasteiger partial charge in [0.1, 0.15) is 0 Å². The van der Waals surface area contributed by atoms with Gasteiger partial charge < -0.3 is 20.3 Å². The number of anilines is 1. The summed E-state index contributed by atoms with van der Waals surface area (Å²) in [5, 5.41) is 6.62. The molecule has 0 radical (unpaired) electrons. The summed E-state index contributed by atoms with van der Waals surface area (Å²) in [5.74, 6) is -0.429. The van der Waals surface area contributed by atoms with Crippen molar-refractivity contribution in [3.05, 3.63) is 41.1 Å². The van der Waals surface area contributed by atoms with Crippen molar-refractivity contribution in [1.29, 1.82) is 0 Å². The molecular formula is C20H27N3O3S. The van der Waals surface area contributed by atoms with Gasteiger partial charge in [-0.2, -0.15) is 0 Å². The van der Waals surface area contributed by atoms with E-state index < -0.39 is 12.0 Å². The molecule has 1 aromatic rings. The van der Waals surface area contributed by atoms with Crippen molar-refractivity contribution in [2.45, 2.75) is 40.2 Å². The first-order chi connectivity index (χ1) is 12.5. The lowest BCUT2D eigenvalue weighted by molar-refractivity contribution is -0.136. The van der Waals surface area contributed by atoms with Crippen LogP contribution in [0, 0.1) is 5.41 Å². The maximum atomic E-state index is 12.3. The Kier molecular flexibility index (Phi) is 6.26. The van der Waals surface area contributed by atoms with E-state index in [9.17, 15) is 9.59 Å². The first-order valence-corrected chi connectivity index (χ1v) is 9.17. The number of hydrogen-bond acceptors (Lipinski definition) is 4. The first-order valence-electron chi connectivity index (χ1n) is 8.76. The molecule has 1 atom stereocenters. The van der Waals surface area contributed by atoms with Crippen molar-refractivity contribution in [1.82, 2.24) is 10.2 Å². The lowest BCUT2D eigenvalue weighted by atomic mass is 9.92. The van der Waals surface area contributed by atoms with E-state index in [1.54, 1.807) is 11.9 Å². The van der Waals surface area contributed by atoms with Crippen LogP contribution in [0.1, 0.15) is 45.7 Å². The van der Waals surface area contributed by atoms with Gasteiger partial charge in [-0.25, -0.2) is 4.79 Å². The van der Waals surface area contributed by atoms with E-state index in [0.717, 1.165) is 11.3 Å². The topological polar surface area (TPSA) is 70.7 Å². The third kappa shape index (κ3) is 5.07. The van der Waals surface area contributed by atoms with Crippen LogP contribution in [0.15, 0.2) is 35.5 Å². The number of esters is 1. The lowest BCUT2D eigenvalue weighted by Crippen LogP contribution is -2.46. The zero-order valence-corrected chi connectivity index (χ0v) is 17.5. The third-order valence-corrected chi connectivity index (χ3v) is 4.77. The fourth-order valence-corrected chi connectivity index (χ4v) is 3.16. The minimum atomic E-state index is -0.402. The van der Waals surface area contributed by atoms with Gasteiger partial charge in [0.25, 0.3) is 0 Å². The summed E-state index contributed by atoms with van der Waals surface area (Å²) in [7, 11) is 3.16. The highest BCUT2D eigenvalue weighted by Crippen LogP contribution is 2.31. The quantitative estimate of drug-likeness (QED) is 0.608. The molecule has 146 valence electrons. The molecule has 0 fully saturated rings. The molecule has 1 amide bonds. The molecule has 27 heavy (non-hydrogen) atoms. The van der Waals surface area contributed by atoms with Crippen molar-refractivity contribution in [3.63, 3.8) is 0 Å². The summed E-state index contributed by atoms with van der Waals surface area (Å²) in [6, 6.07) is 6.98. The van der Waals surface area contributed by atoms with Crippen molar-refractivity contribution in [2.24, 2.45) is 5.41 Å². The molecule has 0 saturated heterocycles. The summed E-state index contributed by atoms with van der Waals surface area (Å²) in [5.41, 5.74) is 2.76. The molecule has 0 saturated carbocycles. The number of rotatable bonds is 4. The Morgan fingerprint density at radius 2 is 1.85 bits per heavy atom. The molecule has 0 aromatic heterocycles. The van der Waals surface area contributed by atoms with Crippen LogP contribution < -0.4 is 10.6 Å². The average molecular weight is 390 g/mol. The van der Waals surface area contributed by atoms with E-state index in [4.69, 9.17) is 17.0 Å². The summed E-state index contributed by atoms with van der Waals surface area (Å²) in [6.45, 7) is 7.90. The number of carbonyl (C=O) groups is 2. The number of carbonyl (C=O) groups excluding carboxylic acids is 2. The predicted molar refractivity (Wildman–Crippen MR) is 110 cm³/mol. The van der Waals surface area contributed by atoms with Crippen molar-refractivity contribution >= 4 is 34.9 Å². The Labute approximate surface area is 166 Å². The number of amides is 1. The fraction of sp³-hybridized carbons (Fsp3) is 0.450. The van der Waals surface area contributed by atoms with Gasteiger partial charge in [0, 0.05) is 24.9 Å². The minimum absolute atomic E-state index is 0.0279. The monoisotopic (exact) mass is 389 g/mol. The molecule has 1 aliphatic rings. The van der Waals surface area contributed by atoms with Gasteiger partial charge in [0.2, 0.25) is 5.91 Å². The molecule has 2 rings (SSSR count). The van der Waals surface area contributed by atoms with E-state index in [0.29, 0.717) is 22.8 Å². The number of nitrogens with one attached hydrogen (secondary N) is 2. The average Bonchev–Trinajstić information content (AvgIpc) is 2.57. The molecule has 0 unspecified atom stereocenters. The van der Waals surface area contributed by atoms with Crippen molar-refractivity contribution < 1.29 is 14.3 Å². The van der Waals surface area contributed by atoms with Crippen LogP contribution in [0.5, 0.6) is 0 Å². The largest absolute Gasteiger partial charge is 0.466 e. The highest BCUT2D eigenvalue weighted by Gasteiger charge is 2.33. The molecule has 2 N–H and O–H groups in total. The summed E-state index contributed by atoms with van der Waals surface area (Å²) in [6.07, 6.45) is 0.438. The number of benzene rings is 1. The second-order valence-corrected chi connectivity index (χ2v) is 8.23. The zero-order valence-electron chi connectivity index (χ0n) is 16.7. The van der Waals surface area contributed by atoms with Crippen LogP contribution >= 0.6 is 12.2 Å². The van der Waals surface area contributed by atoms with Gasteiger partial charge in [0.15, 0.2) is 5.11 Å². The van der Waals surface area contributed by atoms with E-state index in [-0.39, 0.29) is 11.3 Å². The Balaban J connectivity index is 2.25. The van der Waals surface area contributed by atoms with E-state index in [2.05, 4.69) is 10.6 Å². The van der Waals surface area contributed by atoms with Crippen LogP contribution in [-0.2, 0) is 14.3 Å². The van der Waals surface area contributed by atoms with Crippen LogP contribution in [0.25, 0.3) is 0 Å². The highest BCUT2D eigenvalue weighted by atomic mass is 32.1. The summed E-state index contributed by atoms with van der Waals surface area (Å²) >= 11 is 5.36. The van der Waals surface area contributed by atoms with E-state index in [1.807, 2.05) is 52.0 Å². The normalized spacial score (nSPS) is 17.5. The molecule has 0 spiro atoms. The van der Waals surface area contributed by atoms with Gasteiger partial charge in [-0.3, -0.25) is 4.79 Å². The van der Waals surface area contributed by atoms with Crippen LogP contribution in [0.2, 0.25) is 0 Å². The zero-order chi connectivity index (χ0) is 20.4. The molecule has 1 aliphatic heterocycles. The first kappa shape index (κ1) is 20.9. The number of nitrogens with zero attached hydrogens (tertiary/aromatic N) is 1. The van der Waals surface area contributed by atoms with Gasteiger partial charge in [-0.05, 0) is 42.3 Å². The van der Waals surface area contributed by atoms with E-state index >= 15 is 0 Å². The fourth-order valence-electron chi connectivity index (χ4n) is 2.91. The molecule has 0 aliphatic carbocycles. The Bertz CT molecular complexity index is 779.